The second-order valence-electron chi connectivity index (χ2n) is 7.06. The molecule has 1 aliphatic carbocycles. The number of carboxylic acid groups (broad SMARTS) is 1. The van der Waals surface area contributed by atoms with Crippen molar-refractivity contribution in [3.63, 3.8) is 0 Å². The van der Waals surface area contributed by atoms with E-state index in [9.17, 15) is 23.8 Å². The Bertz CT molecular complexity index is 688. The maximum atomic E-state index is 13.7. The van der Waals surface area contributed by atoms with Crippen LogP contribution in [0, 0.1) is 11.3 Å². The van der Waals surface area contributed by atoms with E-state index in [2.05, 4.69) is 0 Å². The summed E-state index contributed by atoms with van der Waals surface area (Å²) in [5, 5.41) is 28.2. The first kappa shape index (κ1) is 20.6. The summed E-state index contributed by atoms with van der Waals surface area (Å²) in [5.41, 5.74) is -1.44. The van der Waals surface area contributed by atoms with Gasteiger partial charge in [-0.1, -0.05) is 24.3 Å². The van der Waals surface area contributed by atoms with E-state index in [1.54, 1.807) is 18.2 Å². The number of aliphatic hydroxyl groups is 1. The molecule has 0 aromatic heterocycles. The van der Waals surface area contributed by atoms with E-state index in [1.165, 1.54) is 12.4 Å². The SMILES string of the molecule is Cl.N=CN1CC[C@@H](c2ccccc2[C@@](O)(C(=O)O)[C@@H]2CCC(F)(F)C2)C1. The van der Waals surface area contributed by atoms with Crippen LogP contribution in [0.2, 0.25) is 0 Å². The largest absolute Gasteiger partial charge is 0.479 e. The van der Waals surface area contributed by atoms with Crippen molar-refractivity contribution in [3.8, 4) is 0 Å². The number of halogens is 3. The minimum atomic E-state index is -2.94. The molecule has 2 fully saturated rings. The summed E-state index contributed by atoms with van der Waals surface area (Å²) in [6.45, 7) is 1.23. The van der Waals surface area contributed by atoms with Gasteiger partial charge in [-0.05, 0) is 24.0 Å². The van der Waals surface area contributed by atoms with E-state index in [0.29, 0.717) is 18.7 Å². The van der Waals surface area contributed by atoms with Crippen LogP contribution in [-0.2, 0) is 10.4 Å². The highest BCUT2D eigenvalue weighted by Crippen LogP contribution is 2.49. The summed E-state index contributed by atoms with van der Waals surface area (Å²) in [7, 11) is 0. The van der Waals surface area contributed by atoms with Crippen LogP contribution in [0.3, 0.4) is 0 Å². The maximum Gasteiger partial charge on any atom is 0.340 e. The van der Waals surface area contributed by atoms with Crippen LogP contribution in [0.5, 0.6) is 0 Å². The summed E-state index contributed by atoms with van der Waals surface area (Å²) in [5.74, 6) is -5.48. The van der Waals surface area contributed by atoms with Gasteiger partial charge in [0.25, 0.3) is 0 Å². The van der Waals surface area contributed by atoms with Crippen LogP contribution in [0.1, 0.15) is 42.7 Å². The number of alkyl halides is 2. The maximum absolute atomic E-state index is 13.7. The lowest BCUT2D eigenvalue weighted by Gasteiger charge is -2.33. The normalized spacial score (nSPS) is 26.8. The number of nitrogens with zero attached hydrogens (tertiary/aromatic N) is 1. The lowest BCUT2D eigenvalue weighted by molar-refractivity contribution is -0.167. The van der Waals surface area contributed by atoms with Gasteiger partial charge in [-0.2, -0.15) is 0 Å². The topological polar surface area (TPSA) is 84.6 Å². The molecule has 0 unspecified atom stereocenters. The molecule has 3 N–H and O–H groups in total. The molecule has 1 saturated heterocycles. The van der Waals surface area contributed by atoms with E-state index in [1.807, 2.05) is 4.90 Å². The third-order valence-corrected chi connectivity index (χ3v) is 5.53. The fraction of sp³-hybridized carbons (Fsp3) is 0.556. The standard InChI is InChI=1S/C18H22F2N2O3.ClH/c19-17(20)7-5-13(9-17)18(25,16(23)24)15-4-2-1-3-14(15)12-6-8-22(10-12)11-21;/h1-4,11-13,21,25H,5-10H2,(H,23,24);1H/t12-,13-,18-;/m1./s1. The Hall–Kier alpha value is -1.73. The van der Waals surface area contributed by atoms with Crippen molar-refractivity contribution in [1.82, 2.24) is 4.90 Å². The second-order valence-corrected chi connectivity index (χ2v) is 7.06. The predicted octanol–water partition coefficient (Wildman–Crippen LogP) is 3.21. The Labute approximate surface area is 156 Å². The molecule has 26 heavy (non-hydrogen) atoms. The molecule has 0 spiro atoms. The molecule has 8 heteroatoms. The molecule has 0 amide bonds. The number of carbonyl (C=O) groups is 1. The number of benzene rings is 1. The fourth-order valence-corrected chi connectivity index (χ4v) is 4.17. The highest BCUT2D eigenvalue weighted by atomic mass is 35.5. The van der Waals surface area contributed by atoms with Crippen LogP contribution in [0.4, 0.5) is 8.78 Å². The zero-order chi connectivity index (χ0) is 18.2. The average Bonchev–Trinajstić information content (AvgIpc) is 3.20. The monoisotopic (exact) mass is 388 g/mol. The smallest absolute Gasteiger partial charge is 0.340 e. The van der Waals surface area contributed by atoms with Crippen LogP contribution in [0.15, 0.2) is 24.3 Å². The van der Waals surface area contributed by atoms with Gasteiger partial charge in [-0.3, -0.25) is 5.41 Å². The molecule has 1 aromatic rings. The van der Waals surface area contributed by atoms with Gasteiger partial charge in [0.2, 0.25) is 5.92 Å². The molecule has 1 aliphatic heterocycles. The van der Waals surface area contributed by atoms with Crippen LogP contribution < -0.4 is 0 Å². The van der Waals surface area contributed by atoms with E-state index >= 15 is 0 Å². The number of hydrogen-bond acceptors (Lipinski definition) is 3. The number of aliphatic carboxylic acids is 1. The van der Waals surface area contributed by atoms with E-state index in [0.717, 1.165) is 6.42 Å². The van der Waals surface area contributed by atoms with Gasteiger partial charge < -0.3 is 15.1 Å². The molecule has 1 heterocycles. The van der Waals surface area contributed by atoms with Crippen LogP contribution in [0.25, 0.3) is 0 Å². The van der Waals surface area contributed by atoms with Crippen molar-refractivity contribution in [2.75, 3.05) is 13.1 Å². The summed E-state index contributed by atoms with van der Waals surface area (Å²) in [4.78, 5) is 13.8. The molecular weight excluding hydrogens is 366 g/mol. The Morgan fingerprint density at radius 2 is 2.04 bits per heavy atom. The third kappa shape index (κ3) is 3.55. The van der Waals surface area contributed by atoms with Crippen LogP contribution in [-0.4, -0.2) is 46.4 Å². The average molecular weight is 389 g/mol. The molecule has 1 saturated carbocycles. The Morgan fingerprint density at radius 3 is 2.58 bits per heavy atom. The lowest BCUT2D eigenvalue weighted by Crippen LogP contribution is -2.43. The summed E-state index contributed by atoms with van der Waals surface area (Å²) < 4.78 is 27.3. The van der Waals surface area contributed by atoms with Crippen LogP contribution >= 0.6 is 12.4 Å². The van der Waals surface area contributed by atoms with Gasteiger partial charge in [0, 0.05) is 37.8 Å². The fourth-order valence-electron chi connectivity index (χ4n) is 4.17. The first-order chi connectivity index (χ1) is 11.8. The lowest BCUT2D eigenvalue weighted by atomic mass is 9.76. The molecule has 5 nitrogen and oxygen atoms in total. The number of hydrogen-bond donors (Lipinski definition) is 3. The zero-order valence-corrected chi connectivity index (χ0v) is 15.0. The van der Waals surface area contributed by atoms with Gasteiger partial charge >= 0.3 is 5.97 Å². The van der Waals surface area contributed by atoms with Crippen molar-refractivity contribution in [2.24, 2.45) is 5.92 Å². The highest BCUT2D eigenvalue weighted by Gasteiger charge is 2.54. The molecule has 3 atom stereocenters. The Kier molecular flexibility index (Phi) is 5.92. The molecule has 144 valence electrons. The third-order valence-electron chi connectivity index (χ3n) is 5.53. The number of nitrogens with one attached hydrogen (secondary N) is 1. The minimum absolute atomic E-state index is 0. The summed E-state index contributed by atoms with van der Waals surface area (Å²) in [6.07, 6.45) is 0.912. The number of carboxylic acids is 1. The Morgan fingerprint density at radius 1 is 1.35 bits per heavy atom. The number of rotatable bonds is 5. The first-order valence-electron chi connectivity index (χ1n) is 8.45. The minimum Gasteiger partial charge on any atom is -0.479 e. The molecule has 0 radical (unpaired) electrons. The second kappa shape index (κ2) is 7.48. The van der Waals surface area contributed by atoms with Gasteiger partial charge in [-0.15, -0.1) is 12.4 Å². The van der Waals surface area contributed by atoms with E-state index in [-0.39, 0.29) is 30.3 Å². The molecule has 2 aliphatic rings. The summed E-state index contributed by atoms with van der Waals surface area (Å²) in [6, 6.07) is 6.68. The van der Waals surface area contributed by atoms with Crippen molar-refractivity contribution in [3.05, 3.63) is 35.4 Å². The first-order valence-corrected chi connectivity index (χ1v) is 8.45. The molecule has 0 bridgehead atoms. The number of likely N-dealkylation sites (tertiary alicyclic amines) is 1. The Balaban J connectivity index is 0.00000243. The van der Waals surface area contributed by atoms with Crippen molar-refractivity contribution in [1.29, 1.82) is 5.41 Å². The van der Waals surface area contributed by atoms with Crippen molar-refractivity contribution in [2.45, 2.75) is 43.1 Å². The molecular formula is C18H23ClF2N2O3. The van der Waals surface area contributed by atoms with Crippen molar-refractivity contribution < 1.29 is 23.8 Å². The van der Waals surface area contributed by atoms with Gasteiger partial charge in [0.15, 0.2) is 5.60 Å². The van der Waals surface area contributed by atoms with Gasteiger partial charge in [0.05, 0.1) is 6.34 Å². The summed E-state index contributed by atoms with van der Waals surface area (Å²) >= 11 is 0. The van der Waals surface area contributed by atoms with E-state index < -0.39 is 36.3 Å². The van der Waals surface area contributed by atoms with Crippen molar-refractivity contribution >= 4 is 24.7 Å². The predicted molar refractivity (Wildman–Crippen MR) is 95.2 cm³/mol. The van der Waals surface area contributed by atoms with Gasteiger partial charge in [-0.25, -0.2) is 13.6 Å². The quantitative estimate of drug-likeness (QED) is 0.534. The molecule has 3 rings (SSSR count). The van der Waals surface area contributed by atoms with Gasteiger partial charge in [0.1, 0.15) is 0 Å². The molecule has 1 aromatic carbocycles. The van der Waals surface area contributed by atoms with E-state index in [4.69, 9.17) is 5.41 Å². The highest BCUT2D eigenvalue weighted by molar-refractivity contribution is 5.85. The zero-order valence-electron chi connectivity index (χ0n) is 14.2.